The van der Waals surface area contributed by atoms with Gasteiger partial charge >= 0.3 is 0 Å². The summed E-state index contributed by atoms with van der Waals surface area (Å²) in [5.74, 6) is 0.132. The highest BCUT2D eigenvalue weighted by Gasteiger charge is 1.95. The number of nitrogens with one attached hydrogen (secondary N) is 1. The van der Waals surface area contributed by atoms with Crippen LogP contribution in [0.4, 0.5) is 0 Å². The normalized spacial score (nSPS) is 10.5. The van der Waals surface area contributed by atoms with E-state index in [0.29, 0.717) is 33.0 Å². The zero-order chi connectivity index (χ0) is 10.9. The smallest absolute Gasteiger partial charge is 0.182 e. The molecule has 15 heavy (non-hydrogen) atoms. The van der Waals surface area contributed by atoms with Crippen molar-refractivity contribution in [3.8, 4) is 11.6 Å². The molecule has 0 saturated heterocycles. The minimum atomic E-state index is -0.135. The molecule has 0 aliphatic carbocycles. The van der Waals surface area contributed by atoms with Gasteiger partial charge in [-0.25, -0.2) is 0 Å². The van der Waals surface area contributed by atoms with Gasteiger partial charge in [0.2, 0.25) is 0 Å². The summed E-state index contributed by atoms with van der Waals surface area (Å²) in [5, 5.41) is 11.0. The van der Waals surface area contributed by atoms with Crippen molar-refractivity contribution in [2.24, 2.45) is 0 Å². The second-order valence-corrected chi connectivity index (χ2v) is 2.83. The Morgan fingerprint density at radius 1 is 1.20 bits per heavy atom. The molecule has 5 heteroatoms. The third kappa shape index (κ3) is 4.71. The van der Waals surface area contributed by atoms with Crippen LogP contribution in [0.3, 0.4) is 0 Å². The first-order valence-corrected chi connectivity index (χ1v) is 4.97. The fraction of sp³-hybridized carbons (Fsp3) is 0.600. The Balaban J connectivity index is 1.96. The molecule has 0 fully saturated rings. The largest absolute Gasteiger partial charge is 0.869 e. The molecule has 0 saturated carbocycles. The predicted molar refractivity (Wildman–Crippen MR) is 53.0 cm³/mol. The quantitative estimate of drug-likeness (QED) is 0.641. The Morgan fingerprint density at radius 2 is 1.93 bits per heavy atom. The Labute approximate surface area is 89.0 Å². The van der Waals surface area contributed by atoms with Crippen molar-refractivity contribution in [3.63, 3.8) is 0 Å². The van der Waals surface area contributed by atoms with E-state index in [9.17, 15) is 5.11 Å². The first-order valence-electron chi connectivity index (χ1n) is 4.97. The average molecular weight is 214 g/mol. The van der Waals surface area contributed by atoms with Crippen molar-refractivity contribution >= 4 is 0 Å². The summed E-state index contributed by atoms with van der Waals surface area (Å²) in [6.45, 7) is 4.58. The SMILES string of the molecule is CCOCCOCCOc1[nH]ccc1[O-]. The molecule has 0 bridgehead atoms. The highest BCUT2D eigenvalue weighted by atomic mass is 16.5. The molecule has 1 rings (SSSR count). The Hall–Kier alpha value is -1.20. The van der Waals surface area contributed by atoms with E-state index >= 15 is 0 Å². The second kappa shape index (κ2) is 7.14. The van der Waals surface area contributed by atoms with E-state index in [1.807, 2.05) is 6.92 Å². The van der Waals surface area contributed by atoms with Crippen LogP contribution in [0.2, 0.25) is 0 Å². The number of ether oxygens (including phenoxy) is 3. The number of hydrogen-bond donors (Lipinski definition) is 1. The van der Waals surface area contributed by atoms with Crippen molar-refractivity contribution < 1.29 is 19.3 Å². The van der Waals surface area contributed by atoms with Gasteiger partial charge in [-0.2, -0.15) is 0 Å². The van der Waals surface area contributed by atoms with E-state index < -0.39 is 0 Å². The van der Waals surface area contributed by atoms with Gasteiger partial charge < -0.3 is 24.3 Å². The Bertz CT molecular complexity index is 262. The van der Waals surface area contributed by atoms with E-state index in [1.165, 1.54) is 6.07 Å². The van der Waals surface area contributed by atoms with Gasteiger partial charge in [-0.1, -0.05) is 0 Å². The lowest BCUT2D eigenvalue weighted by molar-refractivity contribution is -0.270. The van der Waals surface area contributed by atoms with Crippen molar-refractivity contribution in [2.45, 2.75) is 6.92 Å². The molecule has 5 nitrogen and oxygen atoms in total. The zero-order valence-electron chi connectivity index (χ0n) is 8.82. The van der Waals surface area contributed by atoms with Crippen LogP contribution in [0.25, 0.3) is 0 Å². The molecule has 0 atom stereocenters. The molecule has 1 aromatic rings. The van der Waals surface area contributed by atoms with E-state index in [4.69, 9.17) is 14.2 Å². The van der Waals surface area contributed by atoms with E-state index in [2.05, 4.69) is 4.98 Å². The first kappa shape index (κ1) is 11.9. The number of rotatable bonds is 8. The van der Waals surface area contributed by atoms with Crippen LogP contribution < -0.4 is 9.84 Å². The summed E-state index contributed by atoms with van der Waals surface area (Å²) in [4.78, 5) is 2.70. The summed E-state index contributed by atoms with van der Waals surface area (Å²) in [7, 11) is 0. The maximum absolute atomic E-state index is 11.0. The molecule has 0 aliphatic rings. The maximum atomic E-state index is 11.0. The third-order valence-corrected chi connectivity index (χ3v) is 1.72. The van der Waals surface area contributed by atoms with Gasteiger partial charge in [0, 0.05) is 12.8 Å². The van der Waals surface area contributed by atoms with Crippen LogP contribution in [0.5, 0.6) is 11.6 Å². The highest BCUT2D eigenvalue weighted by Crippen LogP contribution is 2.18. The summed E-state index contributed by atoms with van der Waals surface area (Å²) in [6.07, 6.45) is 1.55. The van der Waals surface area contributed by atoms with Gasteiger partial charge in [0.15, 0.2) is 5.88 Å². The lowest BCUT2D eigenvalue weighted by Crippen LogP contribution is -2.11. The third-order valence-electron chi connectivity index (χ3n) is 1.72. The van der Waals surface area contributed by atoms with Crippen molar-refractivity contribution in [2.75, 3.05) is 33.0 Å². The zero-order valence-corrected chi connectivity index (χ0v) is 8.82. The van der Waals surface area contributed by atoms with Crippen molar-refractivity contribution in [1.29, 1.82) is 0 Å². The van der Waals surface area contributed by atoms with Crippen molar-refractivity contribution in [1.82, 2.24) is 4.98 Å². The monoisotopic (exact) mass is 214 g/mol. The van der Waals surface area contributed by atoms with Gasteiger partial charge in [-0.05, 0) is 18.7 Å². The fourth-order valence-corrected chi connectivity index (χ4v) is 1.02. The number of hydrogen-bond acceptors (Lipinski definition) is 4. The Kier molecular flexibility index (Phi) is 5.65. The molecule has 0 aliphatic heterocycles. The lowest BCUT2D eigenvalue weighted by atomic mass is 10.6. The summed E-state index contributed by atoms with van der Waals surface area (Å²) < 4.78 is 15.4. The molecule has 0 radical (unpaired) electrons. The molecule has 86 valence electrons. The number of H-pyrrole nitrogens is 1. The molecule has 1 aromatic heterocycles. The maximum Gasteiger partial charge on any atom is 0.182 e. The molecule has 1 heterocycles. The fourth-order valence-electron chi connectivity index (χ4n) is 1.02. The number of aromatic amines is 1. The molecule has 0 spiro atoms. The van der Waals surface area contributed by atoms with Crippen LogP contribution in [-0.2, 0) is 9.47 Å². The second-order valence-electron chi connectivity index (χ2n) is 2.83. The lowest BCUT2D eigenvalue weighted by Gasteiger charge is -2.09. The average Bonchev–Trinajstić information content (AvgIpc) is 2.63. The molecular formula is C10H16NO4-. The molecule has 0 amide bonds. The topological polar surface area (TPSA) is 66.5 Å². The number of aromatic nitrogens is 1. The predicted octanol–water partition coefficient (Wildman–Crippen LogP) is 0.520. The van der Waals surface area contributed by atoms with E-state index in [-0.39, 0.29) is 11.6 Å². The van der Waals surface area contributed by atoms with E-state index in [1.54, 1.807) is 6.20 Å². The van der Waals surface area contributed by atoms with Crippen LogP contribution in [0.1, 0.15) is 6.92 Å². The van der Waals surface area contributed by atoms with Crippen LogP contribution in [0.15, 0.2) is 12.3 Å². The molecule has 1 N–H and O–H groups in total. The Morgan fingerprint density at radius 3 is 2.60 bits per heavy atom. The van der Waals surface area contributed by atoms with Crippen LogP contribution >= 0.6 is 0 Å². The first-order chi connectivity index (χ1) is 7.34. The van der Waals surface area contributed by atoms with Gasteiger partial charge in [-0.3, -0.25) is 0 Å². The minimum absolute atomic E-state index is 0.135. The van der Waals surface area contributed by atoms with Gasteiger partial charge in [0.1, 0.15) is 6.61 Å². The minimum Gasteiger partial charge on any atom is -0.869 e. The highest BCUT2D eigenvalue weighted by molar-refractivity contribution is 5.30. The van der Waals surface area contributed by atoms with Gasteiger partial charge in [0.05, 0.1) is 19.8 Å². The van der Waals surface area contributed by atoms with Crippen molar-refractivity contribution in [3.05, 3.63) is 12.3 Å². The van der Waals surface area contributed by atoms with Crippen LogP contribution in [0, 0.1) is 0 Å². The van der Waals surface area contributed by atoms with Crippen LogP contribution in [-0.4, -0.2) is 38.0 Å². The molecular weight excluding hydrogens is 198 g/mol. The summed E-state index contributed by atoms with van der Waals surface area (Å²) in [5.41, 5.74) is 0. The standard InChI is InChI=1S/C10H17NO4/c1-2-13-5-6-14-7-8-15-10-9(12)3-4-11-10/h3-4,11-12H,2,5-8H2,1H3/p-1. The van der Waals surface area contributed by atoms with Gasteiger partial charge in [0.25, 0.3) is 0 Å². The van der Waals surface area contributed by atoms with E-state index in [0.717, 1.165) is 0 Å². The summed E-state index contributed by atoms with van der Waals surface area (Å²) in [6, 6.07) is 1.42. The molecule has 0 unspecified atom stereocenters. The molecule has 0 aromatic carbocycles. The van der Waals surface area contributed by atoms with Gasteiger partial charge in [-0.15, -0.1) is 0 Å². The summed E-state index contributed by atoms with van der Waals surface area (Å²) >= 11 is 0.